The molecule has 8 heteroatoms. The van der Waals surface area contributed by atoms with E-state index in [2.05, 4.69) is 10.3 Å². The number of nitrogens with one attached hydrogen (secondary N) is 1. The summed E-state index contributed by atoms with van der Waals surface area (Å²) in [5, 5.41) is 2.97. The molecule has 0 aliphatic heterocycles. The molecule has 128 valence electrons. The zero-order chi connectivity index (χ0) is 17.8. The van der Waals surface area contributed by atoms with Crippen LogP contribution in [0.2, 0.25) is 0 Å². The van der Waals surface area contributed by atoms with Crippen molar-refractivity contribution in [3.63, 3.8) is 0 Å². The van der Waals surface area contributed by atoms with Gasteiger partial charge in [0, 0.05) is 0 Å². The average Bonchev–Trinajstić information content (AvgIpc) is 3.01. The second-order valence-electron chi connectivity index (χ2n) is 4.98. The van der Waals surface area contributed by atoms with Crippen LogP contribution in [0.5, 0.6) is 5.75 Å². The topological polar surface area (TPSA) is 77.5 Å². The van der Waals surface area contributed by atoms with Crippen molar-refractivity contribution in [2.45, 2.75) is 0 Å². The molecule has 0 bridgehead atoms. The molecule has 25 heavy (non-hydrogen) atoms. The van der Waals surface area contributed by atoms with Gasteiger partial charge in [-0.15, -0.1) is 0 Å². The Morgan fingerprint density at radius 2 is 1.96 bits per heavy atom. The fraction of sp³-hybridized carbons (Fsp3) is 0.118. The van der Waals surface area contributed by atoms with E-state index in [-0.39, 0.29) is 5.56 Å². The van der Waals surface area contributed by atoms with Crippen molar-refractivity contribution in [2.24, 2.45) is 0 Å². The molecule has 0 fully saturated rings. The van der Waals surface area contributed by atoms with E-state index in [1.165, 1.54) is 23.5 Å². The largest absolute Gasteiger partial charge is 0.497 e. The number of methoxy groups -OCH3 is 1. The maximum Gasteiger partial charge on any atom is 0.338 e. The Kier molecular flexibility index (Phi) is 4.90. The molecule has 6 nitrogen and oxygen atoms in total. The molecule has 3 rings (SSSR count). The summed E-state index contributed by atoms with van der Waals surface area (Å²) in [6.45, 7) is -0.463. The van der Waals surface area contributed by atoms with Crippen LogP contribution in [0, 0.1) is 5.82 Å². The van der Waals surface area contributed by atoms with Gasteiger partial charge in [0.2, 0.25) is 0 Å². The smallest absolute Gasteiger partial charge is 0.338 e. The molecule has 0 aliphatic carbocycles. The lowest BCUT2D eigenvalue weighted by atomic mass is 10.2. The molecule has 1 amide bonds. The van der Waals surface area contributed by atoms with E-state index < -0.39 is 24.3 Å². The minimum absolute atomic E-state index is 0.168. The van der Waals surface area contributed by atoms with Crippen molar-refractivity contribution in [3.05, 3.63) is 53.8 Å². The van der Waals surface area contributed by atoms with Crippen LogP contribution < -0.4 is 10.1 Å². The normalized spacial score (nSPS) is 10.5. The Hall–Kier alpha value is -3.00. The summed E-state index contributed by atoms with van der Waals surface area (Å²) in [6, 6.07) is 10.2. The summed E-state index contributed by atoms with van der Waals surface area (Å²) in [5.74, 6) is -0.977. The molecule has 0 saturated heterocycles. The van der Waals surface area contributed by atoms with Crippen molar-refractivity contribution in [1.29, 1.82) is 0 Å². The number of anilines is 1. The number of carbonyl (C=O) groups is 2. The molecule has 1 aromatic heterocycles. The fourth-order valence-electron chi connectivity index (χ4n) is 2.04. The number of ether oxygens (including phenoxy) is 2. The highest BCUT2D eigenvalue weighted by molar-refractivity contribution is 7.22. The zero-order valence-corrected chi connectivity index (χ0v) is 13.9. The van der Waals surface area contributed by atoms with E-state index in [9.17, 15) is 14.0 Å². The third-order valence-electron chi connectivity index (χ3n) is 3.26. The molecule has 0 aliphatic rings. The van der Waals surface area contributed by atoms with Gasteiger partial charge >= 0.3 is 5.97 Å². The number of hydrogen-bond acceptors (Lipinski definition) is 6. The number of amides is 1. The van der Waals surface area contributed by atoms with Crippen LogP contribution in [0.3, 0.4) is 0 Å². The van der Waals surface area contributed by atoms with Crippen LogP contribution in [-0.2, 0) is 9.53 Å². The van der Waals surface area contributed by atoms with Crippen molar-refractivity contribution < 1.29 is 23.5 Å². The SMILES string of the molecule is COc1ccc2nc(NC(=O)COC(=O)c3ccc(F)cc3)sc2c1. The van der Waals surface area contributed by atoms with Crippen molar-refractivity contribution in [2.75, 3.05) is 19.0 Å². The van der Waals surface area contributed by atoms with Gasteiger partial charge in [-0.1, -0.05) is 11.3 Å². The summed E-state index contributed by atoms with van der Waals surface area (Å²) in [5.41, 5.74) is 0.894. The Bertz CT molecular complexity index is 924. The number of halogens is 1. The van der Waals surface area contributed by atoms with E-state index in [1.807, 2.05) is 6.07 Å². The maximum atomic E-state index is 12.8. The second kappa shape index (κ2) is 7.27. The van der Waals surface area contributed by atoms with Gasteiger partial charge in [0.1, 0.15) is 11.6 Å². The molecule has 3 aromatic rings. The molecule has 0 radical (unpaired) electrons. The zero-order valence-electron chi connectivity index (χ0n) is 13.1. The Morgan fingerprint density at radius 1 is 1.20 bits per heavy atom. The Balaban J connectivity index is 1.58. The van der Waals surface area contributed by atoms with Gasteiger partial charge in [-0.2, -0.15) is 0 Å². The lowest BCUT2D eigenvalue weighted by Gasteiger charge is -2.04. The first-order valence-corrected chi connectivity index (χ1v) is 8.04. The van der Waals surface area contributed by atoms with Gasteiger partial charge in [0.05, 0.1) is 22.9 Å². The number of fused-ring (bicyclic) bond motifs is 1. The van der Waals surface area contributed by atoms with E-state index in [1.54, 1.807) is 19.2 Å². The van der Waals surface area contributed by atoms with E-state index >= 15 is 0 Å². The highest BCUT2D eigenvalue weighted by atomic mass is 32.1. The number of aromatic nitrogens is 1. The van der Waals surface area contributed by atoms with Gasteiger partial charge < -0.3 is 9.47 Å². The maximum absolute atomic E-state index is 12.8. The quantitative estimate of drug-likeness (QED) is 0.707. The van der Waals surface area contributed by atoms with Crippen molar-refractivity contribution >= 4 is 38.6 Å². The van der Waals surface area contributed by atoms with Gasteiger partial charge in [0.15, 0.2) is 11.7 Å². The number of esters is 1. The first kappa shape index (κ1) is 16.8. The number of nitrogens with zero attached hydrogens (tertiary/aromatic N) is 1. The van der Waals surface area contributed by atoms with Crippen molar-refractivity contribution in [3.8, 4) is 5.75 Å². The van der Waals surface area contributed by atoms with Crippen LogP contribution in [0.1, 0.15) is 10.4 Å². The predicted molar refractivity (Wildman–Crippen MR) is 91.5 cm³/mol. The van der Waals surface area contributed by atoms with Gasteiger partial charge in [-0.25, -0.2) is 14.2 Å². The number of carbonyl (C=O) groups excluding carboxylic acids is 2. The average molecular weight is 360 g/mol. The van der Waals surface area contributed by atoms with Gasteiger partial charge in [-0.3, -0.25) is 10.1 Å². The van der Waals surface area contributed by atoms with Gasteiger partial charge in [-0.05, 0) is 42.5 Å². The molecular formula is C17H13FN2O4S. The summed E-state index contributed by atoms with van der Waals surface area (Å²) in [7, 11) is 1.57. The number of hydrogen-bond donors (Lipinski definition) is 1. The highest BCUT2D eigenvalue weighted by Crippen LogP contribution is 2.29. The first-order chi connectivity index (χ1) is 12.0. The van der Waals surface area contributed by atoms with E-state index in [0.717, 1.165) is 22.3 Å². The minimum Gasteiger partial charge on any atom is -0.497 e. The Morgan fingerprint density at radius 3 is 2.68 bits per heavy atom. The molecular weight excluding hydrogens is 347 g/mol. The van der Waals surface area contributed by atoms with E-state index in [4.69, 9.17) is 9.47 Å². The van der Waals surface area contributed by atoms with Crippen LogP contribution >= 0.6 is 11.3 Å². The highest BCUT2D eigenvalue weighted by Gasteiger charge is 2.12. The molecule has 2 aromatic carbocycles. The molecule has 1 N–H and O–H groups in total. The second-order valence-corrected chi connectivity index (χ2v) is 6.01. The molecule has 0 atom stereocenters. The van der Waals surface area contributed by atoms with Crippen LogP contribution in [-0.4, -0.2) is 30.6 Å². The molecule has 1 heterocycles. The molecule has 0 unspecified atom stereocenters. The minimum atomic E-state index is -0.704. The standard InChI is InChI=1S/C17H13FN2O4S/c1-23-12-6-7-13-14(8-12)25-17(19-13)20-15(21)9-24-16(22)10-2-4-11(18)5-3-10/h2-8H,9H2,1H3,(H,19,20,21). The first-order valence-electron chi connectivity index (χ1n) is 7.22. The number of rotatable bonds is 5. The monoisotopic (exact) mass is 360 g/mol. The third kappa shape index (κ3) is 4.10. The fourth-order valence-corrected chi connectivity index (χ4v) is 2.95. The van der Waals surface area contributed by atoms with Crippen LogP contribution in [0.4, 0.5) is 9.52 Å². The number of benzene rings is 2. The van der Waals surface area contributed by atoms with Crippen molar-refractivity contribution in [1.82, 2.24) is 4.98 Å². The predicted octanol–water partition coefficient (Wildman–Crippen LogP) is 3.24. The van der Waals surface area contributed by atoms with E-state index in [0.29, 0.717) is 10.9 Å². The van der Waals surface area contributed by atoms with Crippen LogP contribution in [0.15, 0.2) is 42.5 Å². The molecule has 0 spiro atoms. The lowest BCUT2D eigenvalue weighted by molar-refractivity contribution is -0.119. The van der Waals surface area contributed by atoms with Gasteiger partial charge in [0.25, 0.3) is 5.91 Å². The third-order valence-corrected chi connectivity index (χ3v) is 4.19. The summed E-state index contributed by atoms with van der Waals surface area (Å²) in [6.07, 6.45) is 0. The number of thiazole rings is 1. The molecule has 0 saturated carbocycles. The van der Waals surface area contributed by atoms with Crippen LogP contribution in [0.25, 0.3) is 10.2 Å². The summed E-state index contributed by atoms with van der Waals surface area (Å²) in [4.78, 5) is 27.9. The summed E-state index contributed by atoms with van der Waals surface area (Å²) >= 11 is 1.28. The summed E-state index contributed by atoms with van der Waals surface area (Å²) < 4.78 is 23.7. The Labute approximate surface area is 146 Å². The lowest BCUT2D eigenvalue weighted by Crippen LogP contribution is -2.20.